The van der Waals surface area contributed by atoms with Crippen molar-refractivity contribution in [2.24, 2.45) is 0 Å². The molecule has 0 spiro atoms. The first kappa shape index (κ1) is 20.7. The van der Waals surface area contributed by atoms with Crippen molar-refractivity contribution in [3.8, 4) is 11.5 Å². The van der Waals surface area contributed by atoms with E-state index in [1.807, 2.05) is 54.6 Å². The minimum Gasteiger partial charge on any atom is -0.463 e. The lowest BCUT2D eigenvalue weighted by Gasteiger charge is -2.27. The number of nitrogens with zero attached hydrogens (tertiary/aromatic N) is 1. The van der Waals surface area contributed by atoms with Crippen LogP contribution in [0.2, 0.25) is 0 Å². The summed E-state index contributed by atoms with van der Waals surface area (Å²) in [5.74, 6) is -0.399. The van der Waals surface area contributed by atoms with Crippen molar-refractivity contribution in [3.63, 3.8) is 0 Å². The summed E-state index contributed by atoms with van der Waals surface area (Å²) >= 11 is 0. The van der Waals surface area contributed by atoms with Crippen LogP contribution in [0, 0.1) is 0 Å². The molecule has 7 heteroatoms. The second-order valence-corrected chi connectivity index (χ2v) is 7.23. The summed E-state index contributed by atoms with van der Waals surface area (Å²) in [5, 5.41) is 0. The van der Waals surface area contributed by atoms with Crippen LogP contribution < -0.4 is 9.47 Å². The largest absolute Gasteiger partial charge is 0.463 e. The Kier molecular flexibility index (Phi) is 6.84. The molecule has 2 heterocycles. The van der Waals surface area contributed by atoms with Gasteiger partial charge in [0.2, 0.25) is 0 Å². The molecule has 0 bridgehead atoms. The van der Waals surface area contributed by atoms with Crippen LogP contribution in [0.15, 0.2) is 54.6 Å². The Morgan fingerprint density at radius 3 is 2.27 bits per heavy atom. The van der Waals surface area contributed by atoms with E-state index in [1.165, 1.54) is 0 Å². The number of carbonyl (C=O) groups is 1. The van der Waals surface area contributed by atoms with E-state index in [0.717, 1.165) is 38.4 Å². The second-order valence-electron chi connectivity index (χ2n) is 7.23. The molecular formula is C23H27NO6. The molecule has 0 radical (unpaired) electrons. The van der Waals surface area contributed by atoms with Crippen molar-refractivity contribution >= 4 is 5.97 Å². The van der Waals surface area contributed by atoms with Gasteiger partial charge in [-0.3, -0.25) is 9.69 Å². The van der Waals surface area contributed by atoms with E-state index in [2.05, 4.69) is 4.90 Å². The van der Waals surface area contributed by atoms with Gasteiger partial charge in [0.15, 0.2) is 11.5 Å². The van der Waals surface area contributed by atoms with E-state index >= 15 is 0 Å². The van der Waals surface area contributed by atoms with Gasteiger partial charge in [-0.2, -0.15) is 0 Å². The first-order valence-corrected chi connectivity index (χ1v) is 10.3. The van der Waals surface area contributed by atoms with Crippen LogP contribution in [0.1, 0.15) is 12.0 Å². The highest BCUT2D eigenvalue weighted by atomic mass is 16.7. The van der Waals surface area contributed by atoms with E-state index in [9.17, 15) is 4.79 Å². The molecule has 0 aromatic heterocycles. The van der Waals surface area contributed by atoms with Gasteiger partial charge in [0.25, 0.3) is 5.79 Å². The van der Waals surface area contributed by atoms with Crippen molar-refractivity contribution in [2.75, 3.05) is 52.7 Å². The van der Waals surface area contributed by atoms with Crippen LogP contribution in [-0.4, -0.2) is 63.5 Å². The van der Waals surface area contributed by atoms with Gasteiger partial charge in [-0.25, -0.2) is 0 Å². The number of ether oxygens (including phenoxy) is 5. The molecule has 0 atom stereocenters. The summed E-state index contributed by atoms with van der Waals surface area (Å²) < 4.78 is 28.5. The maximum atomic E-state index is 12.5. The van der Waals surface area contributed by atoms with Crippen molar-refractivity contribution in [1.82, 2.24) is 4.90 Å². The lowest BCUT2D eigenvalue weighted by atomic mass is 10.0. The molecule has 7 nitrogen and oxygen atoms in total. The highest BCUT2D eigenvalue weighted by Gasteiger charge is 2.45. The predicted octanol–water partition coefficient (Wildman–Crippen LogP) is 2.59. The quantitative estimate of drug-likeness (QED) is 0.462. The fraction of sp³-hybridized carbons (Fsp3) is 0.435. The molecule has 2 aromatic rings. The van der Waals surface area contributed by atoms with Crippen LogP contribution in [0.3, 0.4) is 0 Å². The number of rotatable bonds is 9. The van der Waals surface area contributed by atoms with Gasteiger partial charge < -0.3 is 23.7 Å². The number of morpholine rings is 1. The standard InChI is InChI=1S/C23H27NO6/c25-22(28-17-16-27-15-12-24-10-13-26-14-11-24)18-23(19-6-2-1-3-7-19)29-20-8-4-5-9-21(20)30-23/h1-9H,10-18H2. The molecule has 2 aliphatic rings. The number of benzene rings is 2. The minimum absolute atomic E-state index is 0.0561. The smallest absolute Gasteiger partial charge is 0.314 e. The zero-order valence-corrected chi connectivity index (χ0v) is 17.0. The molecule has 0 N–H and O–H groups in total. The van der Waals surface area contributed by atoms with E-state index in [1.54, 1.807) is 0 Å². The highest BCUT2D eigenvalue weighted by Crippen LogP contribution is 2.45. The lowest BCUT2D eigenvalue weighted by molar-refractivity contribution is -0.161. The number of carbonyl (C=O) groups excluding carboxylic acids is 1. The zero-order valence-electron chi connectivity index (χ0n) is 17.0. The van der Waals surface area contributed by atoms with Crippen LogP contribution >= 0.6 is 0 Å². The van der Waals surface area contributed by atoms with E-state index in [0.29, 0.717) is 24.7 Å². The Hall–Kier alpha value is -2.61. The monoisotopic (exact) mass is 413 g/mol. The van der Waals surface area contributed by atoms with Crippen molar-refractivity contribution in [3.05, 3.63) is 60.2 Å². The Labute approximate surface area is 176 Å². The summed E-state index contributed by atoms with van der Waals surface area (Å²) in [7, 11) is 0. The van der Waals surface area contributed by atoms with Crippen molar-refractivity contribution in [1.29, 1.82) is 0 Å². The number of hydrogen-bond acceptors (Lipinski definition) is 7. The summed E-state index contributed by atoms with van der Waals surface area (Å²) in [6, 6.07) is 16.8. The topological polar surface area (TPSA) is 66.5 Å². The number of para-hydroxylation sites is 2. The van der Waals surface area contributed by atoms with Gasteiger partial charge in [-0.05, 0) is 12.1 Å². The molecule has 0 amide bonds. The molecule has 0 unspecified atom stereocenters. The van der Waals surface area contributed by atoms with Gasteiger partial charge in [0.1, 0.15) is 13.0 Å². The number of esters is 1. The Morgan fingerprint density at radius 2 is 1.57 bits per heavy atom. The average Bonchev–Trinajstić information content (AvgIpc) is 3.16. The van der Waals surface area contributed by atoms with Gasteiger partial charge in [0.05, 0.1) is 26.4 Å². The second kappa shape index (κ2) is 9.93. The van der Waals surface area contributed by atoms with Crippen LogP contribution in [0.25, 0.3) is 0 Å². The summed E-state index contributed by atoms with van der Waals surface area (Å²) in [5.41, 5.74) is 0.764. The van der Waals surface area contributed by atoms with Gasteiger partial charge in [0, 0.05) is 25.2 Å². The fourth-order valence-electron chi connectivity index (χ4n) is 3.56. The maximum Gasteiger partial charge on any atom is 0.314 e. The third kappa shape index (κ3) is 5.11. The fourth-order valence-corrected chi connectivity index (χ4v) is 3.56. The number of hydrogen-bond donors (Lipinski definition) is 0. The van der Waals surface area contributed by atoms with Crippen LogP contribution in [-0.2, 0) is 24.8 Å². The Bertz CT molecular complexity index is 796. The van der Waals surface area contributed by atoms with Gasteiger partial charge in [-0.15, -0.1) is 0 Å². The first-order chi connectivity index (χ1) is 14.8. The van der Waals surface area contributed by atoms with Crippen molar-refractivity contribution < 1.29 is 28.5 Å². The normalized spacial score (nSPS) is 17.6. The predicted molar refractivity (Wildman–Crippen MR) is 109 cm³/mol. The van der Waals surface area contributed by atoms with E-state index in [4.69, 9.17) is 23.7 Å². The van der Waals surface area contributed by atoms with Crippen LogP contribution in [0.5, 0.6) is 11.5 Å². The molecule has 0 aliphatic carbocycles. The summed E-state index contributed by atoms with van der Waals surface area (Å²) in [6.45, 7) is 5.42. The number of fused-ring (bicyclic) bond motifs is 1. The highest BCUT2D eigenvalue weighted by molar-refractivity contribution is 5.71. The molecule has 4 rings (SSSR count). The maximum absolute atomic E-state index is 12.5. The van der Waals surface area contributed by atoms with Gasteiger partial charge in [-0.1, -0.05) is 42.5 Å². The van der Waals surface area contributed by atoms with E-state index < -0.39 is 11.8 Å². The molecule has 2 aliphatic heterocycles. The lowest BCUT2D eigenvalue weighted by Crippen LogP contribution is -2.39. The molecule has 0 saturated carbocycles. The molecule has 2 aromatic carbocycles. The van der Waals surface area contributed by atoms with Crippen LogP contribution in [0.4, 0.5) is 0 Å². The SMILES string of the molecule is O=C(CC1(c2ccccc2)Oc2ccccc2O1)OCCOCCN1CCOCC1. The molecule has 160 valence electrons. The summed E-state index contributed by atoms with van der Waals surface area (Å²) in [6.07, 6.45) is -0.0561. The van der Waals surface area contributed by atoms with E-state index in [-0.39, 0.29) is 13.0 Å². The molecular weight excluding hydrogens is 386 g/mol. The first-order valence-electron chi connectivity index (χ1n) is 10.3. The zero-order chi connectivity index (χ0) is 20.7. The molecule has 1 saturated heterocycles. The Balaban J connectivity index is 1.26. The van der Waals surface area contributed by atoms with Gasteiger partial charge >= 0.3 is 5.97 Å². The minimum atomic E-state index is -1.22. The Morgan fingerprint density at radius 1 is 0.900 bits per heavy atom. The third-order valence-electron chi connectivity index (χ3n) is 5.14. The average molecular weight is 413 g/mol. The summed E-state index contributed by atoms with van der Waals surface area (Å²) in [4.78, 5) is 14.8. The third-order valence-corrected chi connectivity index (χ3v) is 5.14. The molecule has 1 fully saturated rings. The molecule has 30 heavy (non-hydrogen) atoms. The van der Waals surface area contributed by atoms with Crippen molar-refractivity contribution in [2.45, 2.75) is 12.2 Å².